The predicted molar refractivity (Wildman–Crippen MR) is 128 cm³/mol. The summed E-state index contributed by atoms with van der Waals surface area (Å²) in [4.78, 5) is 13.3. The molecule has 0 radical (unpaired) electrons. The lowest BCUT2D eigenvalue weighted by atomic mass is 9.46. The highest BCUT2D eigenvalue weighted by atomic mass is 16.3. The fourth-order valence-electron chi connectivity index (χ4n) is 8.39. The van der Waals surface area contributed by atoms with Gasteiger partial charge in [-0.1, -0.05) is 41.5 Å². The Bertz CT molecular complexity index is 806. The van der Waals surface area contributed by atoms with Crippen molar-refractivity contribution in [2.75, 3.05) is 0 Å². The minimum absolute atomic E-state index is 0.00494. The molecule has 5 heteroatoms. The second-order valence-corrected chi connectivity index (χ2v) is 13.0. The van der Waals surface area contributed by atoms with E-state index >= 15 is 0 Å². The van der Waals surface area contributed by atoms with Crippen LogP contribution in [0.2, 0.25) is 0 Å². The Labute approximate surface area is 199 Å². The van der Waals surface area contributed by atoms with Crippen molar-refractivity contribution in [1.29, 1.82) is 0 Å². The maximum Gasteiger partial charge on any atom is 0.159 e. The Morgan fingerprint density at radius 2 is 1.70 bits per heavy atom. The van der Waals surface area contributed by atoms with Gasteiger partial charge in [0.05, 0.1) is 23.9 Å². The van der Waals surface area contributed by atoms with Crippen LogP contribution in [0.4, 0.5) is 0 Å². The molecule has 188 valence electrons. The molecule has 0 aromatic carbocycles. The van der Waals surface area contributed by atoms with Crippen LogP contribution in [0.3, 0.4) is 0 Å². The molecule has 33 heavy (non-hydrogen) atoms. The van der Waals surface area contributed by atoms with Gasteiger partial charge in [0, 0.05) is 11.3 Å². The summed E-state index contributed by atoms with van der Waals surface area (Å²) < 4.78 is 0. The summed E-state index contributed by atoms with van der Waals surface area (Å²) in [6.07, 6.45) is 4.28. The summed E-state index contributed by atoms with van der Waals surface area (Å²) in [6, 6.07) is 0. The SMILES string of the molecule is CC(C)[C@@H](C)C[C@@H](O)[C@@H](C)[C@H]1CC[C@@]2(O)C3=CC(=O)[C@@H]4C[C@@H](O)[C@@H](O)C[C@]4(C)[C@H]3CC[C@]12C. The smallest absolute Gasteiger partial charge is 0.159 e. The first-order chi connectivity index (χ1) is 15.3. The van der Waals surface area contributed by atoms with E-state index in [9.17, 15) is 25.2 Å². The molecule has 0 amide bonds. The number of hydrogen-bond acceptors (Lipinski definition) is 5. The van der Waals surface area contributed by atoms with Crippen LogP contribution in [0, 0.1) is 46.3 Å². The van der Waals surface area contributed by atoms with Crippen molar-refractivity contribution in [1.82, 2.24) is 0 Å². The minimum Gasteiger partial charge on any atom is -0.393 e. The molecule has 5 nitrogen and oxygen atoms in total. The summed E-state index contributed by atoms with van der Waals surface area (Å²) in [5.41, 5.74) is -1.01. The predicted octanol–water partition coefficient (Wildman–Crippen LogP) is 3.87. The van der Waals surface area contributed by atoms with Crippen LogP contribution in [0.1, 0.15) is 86.5 Å². The highest BCUT2D eigenvalue weighted by Crippen LogP contribution is 2.68. The van der Waals surface area contributed by atoms with Gasteiger partial charge >= 0.3 is 0 Å². The zero-order valence-corrected chi connectivity index (χ0v) is 21.4. The van der Waals surface area contributed by atoms with Gasteiger partial charge in [-0.25, -0.2) is 0 Å². The van der Waals surface area contributed by atoms with Gasteiger partial charge in [-0.3, -0.25) is 4.79 Å². The third-order valence-electron chi connectivity index (χ3n) is 11.2. The van der Waals surface area contributed by atoms with Gasteiger partial charge in [0.2, 0.25) is 0 Å². The molecule has 0 aromatic rings. The third-order valence-corrected chi connectivity index (χ3v) is 11.2. The molecule has 4 aliphatic carbocycles. The Morgan fingerprint density at radius 1 is 1.03 bits per heavy atom. The standard InChI is InChI=1S/C28H46O5/c1-15(2)16(3)11-22(29)17(4)18-8-10-28(33)20-12-23(30)21-13-24(31)25(32)14-26(21,5)19(20)7-9-27(18,28)6/h12,15-19,21-22,24-25,29,31-33H,7-11,13-14H2,1-6H3/t16-,17-,18+,19-,21-,22+,24+,25-,26+,27+,28+/m0/s1. The van der Waals surface area contributed by atoms with Crippen LogP contribution < -0.4 is 0 Å². The molecule has 0 aromatic heterocycles. The Morgan fingerprint density at radius 3 is 2.33 bits per heavy atom. The quantitative estimate of drug-likeness (QED) is 0.497. The van der Waals surface area contributed by atoms with Crippen LogP contribution in [0.5, 0.6) is 0 Å². The fourth-order valence-corrected chi connectivity index (χ4v) is 8.39. The first-order valence-electron chi connectivity index (χ1n) is 13.3. The van der Waals surface area contributed by atoms with Gasteiger partial charge < -0.3 is 20.4 Å². The molecule has 0 aliphatic heterocycles. The average Bonchev–Trinajstić information content (AvgIpc) is 3.01. The van der Waals surface area contributed by atoms with Gasteiger partial charge in [-0.2, -0.15) is 0 Å². The van der Waals surface area contributed by atoms with Crippen molar-refractivity contribution in [2.24, 2.45) is 46.3 Å². The van der Waals surface area contributed by atoms with Crippen LogP contribution >= 0.6 is 0 Å². The molecule has 0 spiro atoms. The highest BCUT2D eigenvalue weighted by Gasteiger charge is 2.67. The van der Waals surface area contributed by atoms with Gasteiger partial charge in [0.1, 0.15) is 0 Å². The summed E-state index contributed by atoms with van der Waals surface area (Å²) >= 11 is 0. The number of rotatable bonds is 5. The molecule has 4 N–H and O–H groups in total. The molecule has 11 atom stereocenters. The molecule has 0 heterocycles. The van der Waals surface area contributed by atoms with E-state index in [-0.39, 0.29) is 34.9 Å². The lowest BCUT2D eigenvalue weighted by Gasteiger charge is -2.60. The highest BCUT2D eigenvalue weighted by molar-refractivity contribution is 5.95. The number of ketones is 1. The third kappa shape index (κ3) is 3.68. The molecule has 4 rings (SSSR count). The zero-order chi connectivity index (χ0) is 24.5. The maximum atomic E-state index is 13.3. The molecule has 0 bridgehead atoms. The summed E-state index contributed by atoms with van der Waals surface area (Å²) in [6.45, 7) is 13.0. The number of carbonyl (C=O) groups is 1. The van der Waals surface area contributed by atoms with E-state index in [0.29, 0.717) is 31.1 Å². The van der Waals surface area contributed by atoms with Crippen molar-refractivity contribution >= 4 is 5.78 Å². The molecular formula is C28H46O5. The van der Waals surface area contributed by atoms with Crippen molar-refractivity contribution in [2.45, 2.75) is 110 Å². The fraction of sp³-hybridized carbons (Fsp3) is 0.893. The van der Waals surface area contributed by atoms with E-state index in [1.807, 2.05) is 0 Å². The number of allylic oxidation sites excluding steroid dienone is 1. The van der Waals surface area contributed by atoms with Gasteiger partial charge in [-0.05, 0) is 91.6 Å². The molecule has 0 unspecified atom stereocenters. The van der Waals surface area contributed by atoms with Crippen LogP contribution in [0.15, 0.2) is 11.6 Å². The maximum absolute atomic E-state index is 13.3. The summed E-state index contributed by atoms with van der Waals surface area (Å²) in [5.74, 6) is 0.975. The second-order valence-electron chi connectivity index (χ2n) is 13.0. The summed E-state index contributed by atoms with van der Waals surface area (Å²) in [7, 11) is 0. The van der Waals surface area contributed by atoms with Gasteiger partial charge in [-0.15, -0.1) is 0 Å². The van der Waals surface area contributed by atoms with Gasteiger partial charge in [0.15, 0.2) is 5.78 Å². The molecular weight excluding hydrogens is 416 g/mol. The number of aliphatic hydroxyl groups is 4. The van der Waals surface area contributed by atoms with E-state index < -0.39 is 29.3 Å². The molecule has 4 aliphatic rings. The Hall–Kier alpha value is -0.750. The van der Waals surface area contributed by atoms with E-state index in [0.717, 1.165) is 31.3 Å². The minimum atomic E-state index is -1.05. The monoisotopic (exact) mass is 462 g/mol. The van der Waals surface area contributed by atoms with Crippen molar-refractivity contribution in [3.63, 3.8) is 0 Å². The first-order valence-corrected chi connectivity index (χ1v) is 13.3. The number of hydrogen-bond donors (Lipinski definition) is 4. The average molecular weight is 463 g/mol. The zero-order valence-electron chi connectivity index (χ0n) is 21.4. The van der Waals surface area contributed by atoms with Gasteiger partial charge in [0.25, 0.3) is 0 Å². The van der Waals surface area contributed by atoms with E-state index in [2.05, 4.69) is 41.5 Å². The topological polar surface area (TPSA) is 98.0 Å². The Kier molecular flexibility index (Phi) is 6.47. The van der Waals surface area contributed by atoms with Crippen LogP contribution in [-0.4, -0.2) is 50.1 Å². The first kappa shape index (κ1) is 25.3. The molecule has 0 saturated heterocycles. The largest absolute Gasteiger partial charge is 0.393 e. The van der Waals surface area contributed by atoms with Crippen molar-refractivity contribution in [3.05, 3.63) is 11.6 Å². The van der Waals surface area contributed by atoms with E-state index in [1.54, 1.807) is 6.08 Å². The number of aliphatic hydroxyl groups excluding tert-OH is 3. The number of fused-ring (bicyclic) bond motifs is 5. The van der Waals surface area contributed by atoms with E-state index in [4.69, 9.17) is 0 Å². The number of carbonyl (C=O) groups excluding carboxylic acids is 1. The lowest BCUT2D eigenvalue weighted by molar-refractivity contribution is -0.154. The summed E-state index contributed by atoms with van der Waals surface area (Å²) in [5, 5.41) is 44.1. The molecule has 3 fully saturated rings. The van der Waals surface area contributed by atoms with Crippen LogP contribution in [0.25, 0.3) is 0 Å². The van der Waals surface area contributed by atoms with E-state index in [1.165, 1.54) is 0 Å². The van der Waals surface area contributed by atoms with Crippen molar-refractivity contribution in [3.8, 4) is 0 Å². The lowest BCUT2D eigenvalue weighted by Crippen LogP contribution is -2.61. The van der Waals surface area contributed by atoms with Crippen molar-refractivity contribution < 1.29 is 25.2 Å². The van der Waals surface area contributed by atoms with Crippen LogP contribution in [-0.2, 0) is 4.79 Å². The normalized spacial score (nSPS) is 47.9. The second kappa shape index (κ2) is 8.43. The molecule has 3 saturated carbocycles. The Balaban J connectivity index is 1.64.